The van der Waals surface area contributed by atoms with Gasteiger partial charge in [-0.2, -0.15) is 18.3 Å². The molecule has 0 radical (unpaired) electrons. The van der Waals surface area contributed by atoms with Gasteiger partial charge in [0, 0.05) is 25.6 Å². The van der Waals surface area contributed by atoms with Crippen molar-refractivity contribution in [3.05, 3.63) is 96.1 Å². The van der Waals surface area contributed by atoms with Crippen LogP contribution in [0.5, 0.6) is 0 Å². The van der Waals surface area contributed by atoms with E-state index in [2.05, 4.69) is 11.7 Å². The van der Waals surface area contributed by atoms with Gasteiger partial charge in [0.15, 0.2) is 5.69 Å². The monoisotopic (exact) mass is 473 g/mol. The number of amides is 1. The second-order valence-corrected chi connectivity index (χ2v) is 8.22. The average Bonchev–Trinajstić information content (AvgIpc) is 3.31. The van der Waals surface area contributed by atoms with Crippen LogP contribution in [-0.4, -0.2) is 27.3 Å². The first-order valence-corrected chi connectivity index (χ1v) is 10.7. The van der Waals surface area contributed by atoms with Crippen molar-refractivity contribution >= 4 is 6.09 Å². The molecule has 5 nitrogen and oxygen atoms in total. The summed E-state index contributed by atoms with van der Waals surface area (Å²) in [5.41, 5.74) is 0.0837. The Labute approximate surface area is 194 Å². The Hall–Kier alpha value is -3.62. The molecule has 1 saturated heterocycles. The number of nitrogens with zero attached hydrogens (tertiary/aromatic N) is 3. The molecule has 3 aromatic rings. The SMILES string of the molecule is C=CCC1(c2ccc(F)cc2)CCN(C(C)c2ccc(-n3ccc(C(F)(F)F)n3)cc2)C(=O)O1. The molecule has 1 aromatic heterocycles. The molecule has 1 aliphatic rings. The van der Waals surface area contributed by atoms with Crippen molar-refractivity contribution in [1.82, 2.24) is 14.7 Å². The van der Waals surface area contributed by atoms with Gasteiger partial charge in [-0.1, -0.05) is 30.3 Å². The smallest absolute Gasteiger partial charge is 0.435 e. The fourth-order valence-corrected chi connectivity index (χ4v) is 4.18. The zero-order chi connectivity index (χ0) is 24.5. The van der Waals surface area contributed by atoms with Crippen LogP contribution in [0.15, 0.2) is 73.4 Å². The van der Waals surface area contributed by atoms with Gasteiger partial charge < -0.3 is 9.64 Å². The van der Waals surface area contributed by atoms with Crippen LogP contribution in [0.25, 0.3) is 5.69 Å². The van der Waals surface area contributed by atoms with Crippen LogP contribution >= 0.6 is 0 Å². The molecule has 2 atom stereocenters. The molecule has 2 aromatic carbocycles. The number of benzene rings is 2. The fourth-order valence-electron chi connectivity index (χ4n) is 4.18. The van der Waals surface area contributed by atoms with E-state index in [9.17, 15) is 22.4 Å². The van der Waals surface area contributed by atoms with Gasteiger partial charge in [0.05, 0.1) is 11.7 Å². The molecular formula is C25H23F4N3O2. The first-order chi connectivity index (χ1) is 16.1. The van der Waals surface area contributed by atoms with E-state index in [0.717, 1.165) is 16.3 Å². The van der Waals surface area contributed by atoms with Crippen LogP contribution in [0.4, 0.5) is 22.4 Å². The van der Waals surface area contributed by atoms with Gasteiger partial charge in [-0.25, -0.2) is 13.9 Å². The van der Waals surface area contributed by atoms with Crippen molar-refractivity contribution < 1.29 is 27.1 Å². The van der Waals surface area contributed by atoms with Crippen molar-refractivity contribution in [3.63, 3.8) is 0 Å². The molecule has 0 saturated carbocycles. The number of ether oxygens (including phenoxy) is 1. The minimum atomic E-state index is -4.51. The summed E-state index contributed by atoms with van der Waals surface area (Å²) in [7, 11) is 0. The molecule has 178 valence electrons. The number of hydrogen-bond acceptors (Lipinski definition) is 3. The topological polar surface area (TPSA) is 47.4 Å². The third-order valence-corrected chi connectivity index (χ3v) is 6.11. The Bertz CT molecular complexity index is 1170. The summed E-state index contributed by atoms with van der Waals surface area (Å²) >= 11 is 0. The molecular weight excluding hydrogens is 450 g/mol. The highest BCUT2D eigenvalue weighted by Crippen LogP contribution is 2.40. The van der Waals surface area contributed by atoms with E-state index in [4.69, 9.17) is 4.74 Å². The third kappa shape index (κ3) is 4.55. The molecule has 2 unspecified atom stereocenters. The summed E-state index contributed by atoms with van der Waals surface area (Å²) in [4.78, 5) is 14.6. The Morgan fingerprint density at radius 2 is 1.82 bits per heavy atom. The minimum absolute atomic E-state index is 0.333. The maximum absolute atomic E-state index is 13.4. The molecule has 1 amide bonds. The van der Waals surface area contributed by atoms with Crippen LogP contribution in [0.3, 0.4) is 0 Å². The maximum atomic E-state index is 13.4. The molecule has 4 rings (SSSR count). The molecule has 2 heterocycles. The predicted octanol–water partition coefficient (Wildman–Crippen LogP) is 6.41. The average molecular weight is 473 g/mol. The van der Waals surface area contributed by atoms with Gasteiger partial charge in [-0.05, 0) is 48.4 Å². The highest BCUT2D eigenvalue weighted by molar-refractivity contribution is 5.70. The molecule has 9 heteroatoms. The third-order valence-electron chi connectivity index (χ3n) is 6.11. The van der Waals surface area contributed by atoms with Crippen LogP contribution in [0.1, 0.15) is 42.6 Å². The van der Waals surface area contributed by atoms with E-state index in [1.54, 1.807) is 47.4 Å². The first kappa shape index (κ1) is 23.5. The number of carbonyl (C=O) groups is 1. The number of hydrogen-bond donors (Lipinski definition) is 0. The second-order valence-electron chi connectivity index (χ2n) is 8.22. The van der Waals surface area contributed by atoms with Crippen molar-refractivity contribution in [3.8, 4) is 5.69 Å². The van der Waals surface area contributed by atoms with Crippen molar-refractivity contribution in [1.29, 1.82) is 0 Å². The lowest BCUT2D eigenvalue weighted by Crippen LogP contribution is -2.48. The van der Waals surface area contributed by atoms with E-state index < -0.39 is 23.6 Å². The minimum Gasteiger partial charge on any atom is -0.437 e. The maximum Gasteiger partial charge on any atom is 0.435 e. The molecule has 0 bridgehead atoms. The van der Waals surface area contributed by atoms with E-state index >= 15 is 0 Å². The van der Waals surface area contributed by atoms with Crippen LogP contribution in [0, 0.1) is 5.82 Å². The van der Waals surface area contributed by atoms with Crippen LogP contribution in [0.2, 0.25) is 0 Å². The Morgan fingerprint density at radius 1 is 1.15 bits per heavy atom. The summed E-state index contributed by atoms with van der Waals surface area (Å²) in [6.07, 6.45) is -1.21. The summed E-state index contributed by atoms with van der Waals surface area (Å²) < 4.78 is 58.9. The zero-order valence-electron chi connectivity index (χ0n) is 18.4. The summed E-state index contributed by atoms with van der Waals surface area (Å²) in [5, 5.41) is 3.57. The fraction of sp³-hybridized carbons (Fsp3) is 0.280. The predicted molar refractivity (Wildman–Crippen MR) is 118 cm³/mol. The van der Waals surface area contributed by atoms with Crippen LogP contribution in [-0.2, 0) is 16.5 Å². The largest absolute Gasteiger partial charge is 0.437 e. The van der Waals surface area contributed by atoms with Gasteiger partial charge in [0.25, 0.3) is 0 Å². The first-order valence-electron chi connectivity index (χ1n) is 10.7. The molecule has 34 heavy (non-hydrogen) atoms. The van der Waals surface area contributed by atoms with Crippen molar-refractivity contribution in [2.45, 2.75) is 37.6 Å². The zero-order valence-corrected chi connectivity index (χ0v) is 18.4. The van der Waals surface area contributed by atoms with Gasteiger partial charge >= 0.3 is 12.3 Å². The number of rotatable bonds is 6. The highest BCUT2D eigenvalue weighted by Gasteiger charge is 2.42. The van der Waals surface area contributed by atoms with Crippen LogP contribution < -0.4 is 0 Å². The van der Waals surface area contributed by atoms with Crippen molar-refractivity contribution in [2.24, 2.45) is 0 Å². The van der Waals surface area contributed by atoms with E-state index in [1.165, 1.54) is 18.3 Å². The van der Waals surface area contributed by atoms with E-state index in [1.807, 2.05) is 6.92 Å². The standard InChI is InChI=1S/C25H23F4N3O2/c1-3-13-24(19-6-8-20(26)9-7-19)14-16-31(23(33)34-24)17(2)18-4-10-21(11-5-18)32-15-12-22(30-32)25(27,28)29/h3-12,15,17H,1,13-14,16H2,2H3. The lowest BCUT2D eigenvalue weighted by molar-refractivity contribution is -0.141. The molecule has 0 N–H and O–H groups in total. The number of halogens is 4. The normalized spacial score (nSPS) is 19.6. The Kier molecular flexibility index (Phi) is 6.20. The van der Waals surface area contributed by atoms with E-state index in [0.29, 0.717) is 30.6 Å². The molecule has 0 spiro atoms. The molecule has 1 aliphatic heterocycles. The van der Waals surface area contributed by atoms with Gasteiger partial charge in [-0.15, -0.1) is 6.58 Å². The Morgan fingerprint density at radius 3 is 2.38 bits per heavy atom. The van der Waals surface area contributed by atoms with Gasteiger partial charge in [-0.3, -0.25) is 0 Å². The molecule has 1 fully saturated rings. The number of aromatic nitrogens is 2. The van der Waals surface area contributed by atoms with E-state index in [-0.39, 0.29) is 11.9 Å². The van der Waals surface area contributed by atoms with Gasteiger partial charge in [0.2, 0.25) is 0 Å². The summed E-state index contributed by atoms with van der Waals surface area (Å²) in [6.45, 7) is 6.02. The molecule has 0 aliphatic carbocycles. The second kappa shape index (κ2) is 8.96. The number of cyclic esters (lactones) is 1. The lowest BCUT2D eigenvalue weighted by Gasteiger charge is -2.43. The van der Waals surface area contributed by atoms with Crippen molar-refractivity contribution in [2.75, 3.05) is 6.54 Å². The Balaban J connectivity index is 1.50. The quantitative estimate of drug-likeness (QED) is 0.307. The summed E-state index contributed by atoms with van der Waals surface area (Å²) in [5.74, 6) is -0.372. The summed E-state index contributed by atoms with van der Waals surface area (Å²) in [6, 6.07) is 13.3. The number of alkyl halides is 3. The number of carbonyl (C=O) groups excluding carboxylic acids is 1. The highest BCUT2D eigenvalue weighted by atomic mass is 19.4. The van der Waals surface area contributed by atoms with Gasteiger partial charge in [0.1, 0.15) is 11.4 Å². The lowest BCUT2D eigenvalue weighted by atomic mass is 9.85.